The highest BCUT2D eigenvalue weighted by Crippen LogP contribution is 2.28. The largest absolute Gasteiger partial charge is 0.477 e. The topological polar surface area (TPSA) is 100.0 Å². The summed E-state index contributed by atoms with van der Waals surface area (Å²) in [6.07, 6.45) is -5.05. The van der Waals surface area contributed by atoms with Gasteiger partial charge in [0.25, 0.3) is 0 Å². The van der Waals surface area contributed by atoms with Crippen LogP contribution in [0.15, 0.2) is 21.2 Å². The molecule has 0 fully saturated rings. The van der Waals surface area contributed by atoms with Crippen LogP contribution in [-0.2, 0) is 6.42 Å². The van der Waals surface area contributed by atoms with Crippen molar-refractivity contribution >= 4 is 32.8 Å². The minimum atomic E-state index is -4.29. The van der Waals surface area contributed by atoms with Gasteiger partial charge in [0.2, 0.25) is 11.5 Å². The Labute approximate surface area is 153 Å². The number of ether oxygens (including phenoxy) is 1. The van der Waals surface area contributed by atoms with Crippen molar-refractivity contribution in [1.82, 2.24) is 20.3 Å². The number of hydrogen-bond acceptors (Lipinski definition) is 7. The highest BCUT2D eigenvalue weighted by molar-refractivity contribution is 9.10. The second-order valence-corrected chi connectivity index (χ2v) is 6.36. The molecule has 0 aromatic carbocycles. The monoisotopic (exact) mass is 431 g/mol. The zero-order chi connectivity index (χ0) is 18.9. The molecule has 11 heteroatoms. The van der Waals surface area contributed by atoms with Crippen molar-refractivity contribution in [1.29, 1.82) is 0 Å². The average molecular weight is 432 g/mol. The number of aryl methyl sites for hydroxylation is 1. The number of anilines is 1. The molecule has 0 saturated heterocycles. The van der Waals surface area contributed by atoms with Gasteiger partial charge in [-0.15, -0.1) is 0 Å². The smallest absolute Gasteiger partial charge is 0.392 e. The van der Waals surface area contributed by atoms with E-state index in [1.165, 1.54) is 0 Å². The summed E-state index contributed by atoms with van der Waals surface area (Å²) in [6, 6.07) is 3.37. The Hall–Kier alpha value is -2.43. The van der Waals surface area contributed by atoms with Crippen molar-refractivity contribution in [2.75, 3.05) is 12.3 Å². The number of nitrogen functional groups attached to an aromatic ring is 1. The molecule has 0 aliphatic heterocycles. The van der Waals surface area contributed by atoms with Gasteiger partial charge in [0.15, 0.2) is 5.52 Å². The van der Waals surface area contributed by atoms with Gasteiger partial charge in [0, 0.05) is 23.4 Å². The molecule has 26 heavy (non-hydrogen) atoms. The van der Waals surface area contributed by atoms with Gasteiger partial charge in [-0.25, -0.2) is 14.6 Å². The molecule has 3 aromatic rings. The van der Waals surface area contributed by atoms with Gasteiger partial charge < -0.3 is 10.5 Å². The maximum Gasteiger partial charge on any atom is 0.392 e. The fourth-order valence-corrected chi connectivity index (χ4v) is 2.66. The summed E-state index contributed by atoms with van der Waals surface area (Å²) >= 11 is 3.22. The second kappa shape index (κ2) is 7.06. The molecule has 0 spiro atoms. The van der Waals surface area contributed by atoms with Crippen LogP contribution in [0.5, 0.6) is 5.88 Å². The molecule has 0 unspecified atom stereocenters. The van der Waals surface area contributed by atoms with Gasteiger partial charge in [0.05, 0.1) is 23.2 Å². The maximum atomic E-state index is 12.3. The molecule has 138 valence electrons. The first-order valence-electron chi connectivity index (χ1n) is 7.47. The van der Waals surface area contributed by atoms with Gasteiger partial charge >= 0.3 is 6.18 Å². The minimum absolute atomic E-state index is 0.0834. The van der Waals surface area contributed by atoms with Crippen LogP contribution >= 0.6 is 15.9 Å². The lowest BCUT2D eigenvalue weighted by atomic mass is 10.1. The van der Waals surface area contributed by atoms with Crippen LogP contribution in [0.4, 0.5) is 18.9 Å². The molecular weight excluding hydrogens is 419 g/mol. The quantitative estimate of drug-likeness (QED) is 0.658. The van der Waals surface area contributed by atoms with E-state index in [1.54, 1.807) is 19.1 Å². The third-order valence-electron chi connectivity index (χ3n) is 3.62. The van der Waals surface area contributed by atoms with Crippen LogP contribution in [0, 0.1) is 6.92 Å². The number of hydrogen-bond donors (Lipinski definition) is 1. The van der Waals surface area contributed by atoms with Gasteiger partial charge in [0.1, 0.15) is 0 Å². The van der Waals surface area contributed by atoms with E-state index in [0.29, 0.717) is 44.7 Å². The van der Waals surface area contributed by atoms with E-state index in [9.17, 15) is 13.2 Å². The number of nitrogens with zero attached hydrogens (tertiary/aromatic N) is 4. The van der Waals surface area contributed by atoms with Crippen molar-refractivity contribution in [3.63, 3.8) is 0 Å². The first-order chi connectivity index (χ1) is 12.2. The van der Waals surface area contributed by atoms with Crippen LogP contribution in [0.1, 0.15) is 23.4 Å². The Bertz CT molecular complexity index is 945. The summed E-state index contributed by atoms with van der Waals surface area (Å²) in [4.78, 5) is 8.53. The lowest BCUT2D eigenvalue weighted by Gasteiger charge is -2.12. The normalized spacial score (nSPS) is 11.9. The van der Waals surface area contributed by atoms with Gasteiger partial charge in [-0.1, -0.05) is 0 Å². The number of nitrogens with two attached hydrogens (primary N) is 1. The molecule has 0 saturated carbocycles. The Morgan fingerprint density at radius 1 is 1.23 bits per heavy atom. The van der Waals surface area contributed by atoms with E-state index >= 15 is 0 Å². The number of halogens is 4. The zero-order valence-corrected chi connectivity index (χ0v) is 15.1. The molecule has 0 atom stereocenters. The van der Waals surface area contributed by atoms with Crippen LogP contribution in [0.2, 0.25) is 0 Å². The summed E-state index contributed by atoms with van der Waals surface area (Å²) in [6.45, 7) is 1.25. The van der Waals surface area contributed by atoms with Gasteiger partial charge in [-0.2, -0.15) is 13.2 Å². The summed E-state index contributed by atoms with van der Waals surface area (Å²) in [5.41, 5.74) is 9.02. The molecule has 0 bridgehead atoms. The van der Waals surface area contributed by atoms with Crippen molar-refractivity contribution in [3.8, 4) is 5.88 Å². The van der Waals surface area contributed by atoms with Crippen LogP contribution < -0.4 is 10.5 Å². The van der Waals surface area contributed by atoms with Crippen LogP contribution in [0.25, 0.3) is 11.2 Å². The fraction of sp³-hybridized carbons (Fsp3) is 0.333. The van der Waals surface area contributed by atoms with Crippen molar-refractivity contribution in [2.24, 2.45) is 0 Å². The van der Waals surface area contributed by atoms with E-state index in [4.69, 9.17) is 10.5 Å². The maximum absolute atomic E-state index is 12.3. The van der Waals surface area contributed by atoms with E-state index in [0.717, 1.165) is 0 Å². The molecule has 7 nitrogen and oxygen atoms in total. The second-order valence-electron chi connectivity index (χ2n) is 5.51. The minimum Gasteiger partial charge on any atom is -0.477 e. The average Bonchev–Trinajstić information content (AvgIpc) is 3.01. The molecule has 0 amide bonds. The molecule has 2 N–H and O–H groups in total. The highest BCUT2D eigenvalue weighted by Gasteiger charge is 2.27. The summed E-state index contributed by atoms with van der Waals surface area (Å²) in [5.74, 6) is 0.0834. The third kappa shape index (κ3) is 4.03. The summed E-state index contributed by atoms with van der Waals surface area (Å²) < 4.78 is 47.0. The van der Waals surface area contributed by atoms with Gasteiger partial charge in [-0.05, 0) is 45.3 Å². The first-order valence-corrected chi connectivity index (χ1v) is 8.26. The van der Waals surface area contributed by atoms with E-state index in [-0.39, 0.29) is 5.88 Å². The lowest BCUT2D eigenvalue weighted by Crippen LogP contribution is -2.14. The predicted molar refractivity (Wildman–Crippen MR) is 89.7 cm³/mol. The van der Waals surface area contributed by atoms with E-state index in [1.807, 2.05) is 0 Å². The van der Waals surface area contributed by atoms with Crippen molar-refractivity contribution < 1.29 is 22.5 Å². The van der Waals surface area contributed by atoms with Crippen LogP contribution in [-0.4, -0.2) is 33.1 Å². The number of rotatable bonds is 5. The lowest BCUT2D eigenvalue weighted by molar-refractivity contribution is -0.139. The third-order valence-corrected chi connectivity index (χ3v) is 4.22. The number of pyridine rings is 2. The van der Waals surface area contributed by atoms with Gasteiger partial charge in [-0.3, -0.25) is 0 Å². The fourth-order valence-electron chi connectivity index (χ4n) is 2.32. The highest BCUT2D eigenvalue weighted by atomic mass is 79.9. The molecule has 0 aliphatic carbocycles. The zero-order valence-electron chi connectivity index (χ0n) is 13.5. The number of fused-ring (bicyclic) bond motifs is 1. The van der Waals surface area contributed by atoms with E-state index in [2.05, 4.69) is 40.8 Å². The molecular formula is C15H13BrF3N5O2. The Morgan fingerprint density at radius 3 is 2.73 bits per heavy atom. The first kappa shape index (κ1) is 18.4. The summed E-state index contributed by atoms with van der Waals surface area (Å²) in [5, 5.41) is 7.38. The Balaban J connectivity index is 1.83. The predicted octanol–water partition coefficient (Wildman–Crippen LogP) is 3.59. The van der Waals surface area contributed by atoms with Crippen LogP contribution in [0.3, 0.4) is 0 Å². The summed E-state index contributed by atoms with van der Waals surface area (Å²) in [7, 11) is 0. The number of alkyl halides is 3. The Kier molecular flexibility index (Phi) is 4.99. The molecule has 3 rings (SSSR count). The SMILES string of the molecule is Cc1nc2nonc2c(N)c1Cc1ccc(Br)c(OCCC(F)(F)F)n1. The standard InChI is InChI=1S/C15H13BrF3N5O2/c1-7-9(11(20)12-13(21-7)24-26-23-12)6-8-2-3-10(16)14(22-8)25-5-4-15(17,18)19/h2-3H,4-6,20H2,1H3. The van der Waals surface area contributed by atoms with E-state index < -0.39 is 19.2 Å². The molecule has 3 aromatic heterocycles. The number of aromatic nitrogens is 4. The molecule has 0 radical (unpaired) electrons. The molecule has 0 aliphatic rings. The molecule has 3 heterocycles. The Morgan fingerprint density at radius 2 is 2.00 bits per heavy atom. The van der Waals surface area contributed by atoms with Crippen molar-refractivity contribution in [3.05, 3.63) is 33.6 Å². The van der Waals surface area contributed by atoms with Crippen molar-refractivity contribution in [2.45, 2.75) is 25.9 Å².